The largest absolute Gasteiger partial charge is 0.305 e. The van der Waals surface area contributed by atoms with Gasteiger partial charge in [0.25, 0.3) is 0 Å². The molecule has 0 atom stereocenters. The Morgan fingerprint density at radius 3 is 2.74 bits per heavy atom. The lowest BCUT2D eigenvalue weighted by atomic mass is 10.2. The number of carbonyl (C=O) groups is 1. The average molecular weight is 351 g/mol. The van der Waals surface area contributed by atoms with Gasteiger partial charge in [-0.05, 0) is 31.9 Å². The zero-order chi connectivity index (χ0) is 16.4. The van der Waals surface area contributed by atoms with Crippen LogP contribution in [-0.4, -0.2) is 30.7 Å². The summed E-state index contributed by atoms with van der Waals surface area (Å²) in [5.41, 5.74) is 1.90. The number of amides is 1. The molecule has 0 spiro atoms. The van der Waals surface area contributed by atoms with Gasteiger partial charge in [0.15, 0.2) is 5.13 Å². The van der Waals surface area contributed by atoms with Crippen LogP contribution in [0.3, 0.4) is 0 Å². The molecule has 0 fully saturated rings. The van der Waals surface area contributed by atoms with Crippen molar-refractivity contribution in [2.45, 2.75) is 31.2 Å². The van der Waals surface area contributed by atoms with Gasteiger partial charge in [-0.1, -0.05) is 17.7 Å². The summed E-state index contributed by atoms with van der Waals surface area (Å²) in [6.07, 6.45) is 2.01. The summed E-state index contributed by atoms with van der Waals surface area (Å²) >= 11 is 1.33. The maximum absolute atomic E-state index is 12.8. The number of nitrogens with one attached hydrogen (secondary N) is 1. The third kappa shape index (κ3) is 3.29. The predicted octanol–water partition coefficient (Wildman–Crippen LogP) is 2.16. The van der Waals surface area contributed by atoms with Gasteiger partial charge in [-0.3, -0.25) is 4.79 Å². The standard InChI is InChI=1S/C15H17N3O3S2/c1-11-4-6-12(7-5-11)23(20,21)18-8-2-3-13-14(9-18)22-15(17-13)16-10-19/h4-7,10H,2-3,8-9H2,1H3,(H,16,17,19). The highest BCUT2D eigenvalue weighted by Gasteiger charge is 2.28. The first-order valence-corrected chi connectivity index (χ1v) is 9.52. The lowest BCUT2D eigenvalue weighted by Crippen LogP contribution is -2.30. The van der Waals surface area contributed by atoms with E-state index in [0.29, 0.717) is 42.4 Å². The van der Waals surface area contributed by atoms with Crippen LogP contribution in [0.25, 0.3) is 0 Å². The summed E-state index contributed by atoms with van der Waals surface area (Å²) in [5.74, 6) is 0. The van der Waals surface area contributed by atoms with E-state index in [1.807, 2.05) is 6.92 Å². The molecule has 1 N–H and O–H groups in total. The fraction of sp³-hybridized carbons (Fsp3) is 0.333. The molecule has 3 rings (SSSR count). The molecule has 1 aliphatic rings. The molecule has 0 aliphatic carbocycles. The molecule has 0 saturated carbocycles. The Labute approximate surface area is 139 Å². The van der Waals surface area contributed by atoms with Crippen LogP contribution in [0.5, 0.6) is 0 Å². The second-order valence-corrected chi connectivity index (χ2v) is 8.43. The van der Waals surface area contributed by atoms with Crippen LogP contribution >= 0.6 is 11.3 Å². The average Bonchev–Trinajstić information content (AvgIpc) is 2.77. The van der Waals surface area contributed by atoms with Gasteiger partial charge in [-0.2, -0.15) is 4.31 Å². The SMILES string of the molecule is Cc1ccc(S(=O)(=O)N2CCCc3nc(NC=O)sc3C2)cc1. The van der Waals surface area contributed by atoms with Crippen LogP contribution < -0.4 is 5.32 Å². The number of nitrogens with zero attached hydrogens (tertiary/aromatic N) is 2. The minimum atomic E-state index is -3.53. The van der Waals surface area contributed by atoms with Gasteiger partial charge in [0.05, 0.1) is 17.1 Å². The molecule has 2 heterocycles. The molecule has 0 saturated heterocycles. The normalized spacial score (nSPS) is 15.7. The van der Waals surface area contributed by atoms with Gasteiger partial charge in [0, 0.05) is 11.4 Å². The number of anilines is 1. The maximum Gasteiger partial charge on any atom is 0.243 e. The number of aromatic nitrogens is 1. The summed E-state index contributed by atoms with van der Waals surface area (Å²) in [5, 5.41) is 3.05. The smallest absolute Gasteiger partial charge is 0.243 e. The molecule has 0 bridgehead atoms. The number of hydrogen-bond acceptors (Lipinski definition) is 5. The molecule has 1 amide bonds. The highest BCUT2D eigenvalue weighted by Crippen LogP contribution is 2.30. The molecule has 1 aromatic carbocycles. The Morgan fingerprint density at radius 2 is 2.04 bits per heavy atom. The van der Waals surface area contributed by atoms with Gasteiger partial charge in [0.2, 0.25) is 16.4 Å². The van der Waals surface area contributed by atoms with Crippen molar-refractivity contribution in [1.82, 2.24) is 9.29 Å². The van der Waals surface area contributed by atoms with Gasteiger partial charge >= 0.3 is 0 Å². The monoisotopic (exact) mass is 351 g/mol. The molecule has 1 aliphatic heterocycles. The van der Waals surface area contributed by atoms with E-state index in [4.69, 9.17) is 0 Å². The second kappa shape index (κ2) is 6.38. The molecular formula is C15H17N3O3S2. The number of carbonyl (C=O) groups excluding carboxylic acids is 1. The van der Waals surface area contributed by atoms with Crippen LogP contribution in [0.1, 0.15) is 22.6 Å². The number of benzene rings is 1. The molecule has 122 valence electrons. The number of aryl methyl sites for hydroxylation is 2. The number of hydrogen-bond donors (Lipinski definition) is 1. The van der Waals surface area contributed by atoms with Gasteiger partial charge in [-0.15, -0.1) is 11.3 Å². The molecule has 8 heteroatoms. The van der Waals surface area contributed by atoms with Crippen LogP contribution in [0.2, 0.25) is 0 Å². The summed E-state index contributed by atoms with van der Waals surface area (Å²) in [6.45, 7) is 2.69. The van der Waals surface area contributed by atoms with Crippen molar-refractivity contribution in [2.75, 3.05) is 11.9 Å². The predicted molar refractivity (Wildman–Crippen MR) is 88.9 cm³/mol. The third-order valence-corrected chi connectivity index (χ3v) is 6.63. The quantitative estimate of drug-likeness (QED) is 0.856. The van der Waals surface area contributed by atoms with E-state index >= 15 is 0 Å². The van der Waals surface area contributed by atoms with Crippen LogP contribution in [0, 0.1) is 6.92 Å². The minimum Gasteiger partial charge on any atom is -0.305 e. The molecule has 0 radical (unpaired) electrons. The highest BCUT2D eigenvalue weighted by atomic mass is 32.2. The fourth-order valence-electron chi connectivity index (χ4n) is 2.54. The Kier molecular flexibility index (Phi) is 4.47. The van der Waals surface area contributed by atoms with Crippen LogP contribution in [0.15, 0.2) is 29.2 Å². The van der Waals surface area contributed by atoms with Crippen molar-refractivity contribution in [3.8, 4) is 0 Å². The van der Waals surface area contributed by atoms with E-state index in [0.717, 1.165) is 16.1 Å². The minimum absolute atomic E-state index is 0.295. The number of sulfonamides is 1. The van der Waals surface area contributed by atoms with E-state index in [1.165, 1.54) is 15.6 Å². The van der Waals surface area contributed by atoms with Crippen molar-refractivity contribution in [2.24, 2.45) is 0 Å². The number of fused-ring (bicyclic) bond motifs is 1. The first-order valence-electron chi connectivity index (χ1n) is 7.26. The molecule has 23 heavy (non-hydrogen) atoms. The molecule has 1 aromatic heterocycles. The topological polar surface area (TPSA) is 79.4 Å². The Hall–Kier alpha value is -1.77. The van der Waals surface area contributed by atoms with Crippen molar-refractivity contribution < 1.29 is 13.2 Å². The molecule has 0 unspecified atom stereocenters. The summed E-state index contributed by atoms with van der Waals surface area (Å²) < 4.78 is 27.2. The van der Waals surface area contributed by atoms with Crippen LogP contribution in [0.4, 0.5) is 5.13 Å². The van der Waals surface area contributed by atoms with Crippen molar-refractivity contribution in [1.29, 1.82) is 0 Å². The van der Waals surface area contributed by atoms with Gasteiger partial charge in [0.1, 0.15) is 0 Å². The second-order valence-electron chi connectivity index (χ2n) is 5.41. The molecule has 2 aromatic rings. The summed E-state index contributed by atoms with van der Waals surface area (Å²) in [6, 6.07) is 6.88. The van der Waals surface area contributed by atoms with Gasteiger partial charge in [-0.25, -0.2) is 13.4 Å². The Morgan fingerprint density at radius 1 is 1.30 bits per heavy atom. The van der Waals surface area contributed by atoms with E-state index in [1.54, 1.807) is 24.3 Å². The van der Waals surface area contributed by atoms with Crippen LogP contribution in [-0.2, 0) is 27.8 Å². The first kappa shape index (κ1) is 16.1. The third-order valence-electron chi connectivity index (χ3n) is 3.76. The lowest BCUT2D eigenvalue weighted by Gasteiger charge is -2.20. The van der Waals surface area contributed by atoms with E-state index in [2.05, 4.69) is 10.3 Å². The Bertz CT molecular complexity index is 813. The van der Waals surface area contributed by atoms with E-state index in [9.17, 15) is 13.2 Å². The molecule has 6 nitrogen and oxygen atoms in total. The van der Waals surface area contributed by atoms with Crippen molar-refractivity contribution in [3.05, 3.63) is 40.4 Å². The maximum atomic E-state index is 12.8. The highest BCUT2D eigenvalue weighted by molar-refractivity contribution is 7.89. The number of thiazole rings is 1. The van der Waals surface area contributed by atoms with E-state index < -0.39 is 10.0 Å². The lowest BCUT2D eigenvalue weighted by molar-refractivity contribution is -0.105. The van der Waals surface area contributed by atoms with E-state index in [-0.39, 0.29) is 0 Å². The summed E-state index contributed by atoms with van der Waals surface area (Å²) in [4.78, 5) is 16.1. The first-order chi connectivity index (χ1) is 11.0. The number of rotatable bonds is 4. The van der Waals surface area contributed by atoms with Gasteiger partial charge < -0.3 is 5.32 Å². The Balaban J connectivity index is 1.90. The molecular weight excluding hydrogens is 334 g/mol. The zero-order valence-corrected chi connectivity index (χ0v) is 14.3. The zero-order valence-electron chi connectivity index (χ0n) is 12.7. The van der Waals surface area contributed by atoms with Crippen molar-refractivity contribution in [3.63, 3.8) is 0 Å². The fourth-order valence-corrected chi connectivity index (χ4v) is 5.05. The van der Waals surface area contributed by atoms with Crippen molar-refractivity contribution >= 4 is 32.9 Å². The summed E-state index contributed by atoms with van der Waals surface area (Å²) in [7, 11) is -3.53.